The molecule has 0 bridgehead atoms. The maximum atomic E-state index is 5.71. The molecule has 94 valence electrons. The molecular weight excluding hydrogens is 222 g/mol. The van der Waals surface area contributed by atoms with Crippen molar-refractivity contribution >= 4 is 0 Å². The van der Waals surface area contributed by atoms with E-state index >= 15 is 0 Å². The van der Waals surface area contributed by atoms with Crippen LogP contribution in [0.1, 0.15) is 11.1 Å². The van der Waals surface area contributed by atoms with E-state index in [1.54, 1.807) is 0 Å². The summed E-state index contributed by atoms with van der Waals surface area (Å²) in [5.74, 6) is 0.971. The van der Waals surface area contributed by atoms with E-state index in [2.05, 4.69) is 42.6 Å². The fourth-order valence-electron chi connectivity index (χ4n) is 1.78. The molecule has 0 atom stereocenters. The van der Waals surface area contributed by atoms with Gasteiger partial charge in [0.1, 0.15) is 12.4 Å². The number of hydrogen-bond donors (Lipinski definition) is 1. The van der Waals surface area contributed by atoms with Crippen LogP contribution < -0.4 is 10.1 Å². The lowest BCUT2D eigenvalue weighted by Crippen LogP contribution is -2.20. The van der Waals surface area contributed by atoms with E-state index < -0.39 is 0 Å². The number of para-hydroxylation sites is 1. The maximum Gasteiger partial charge on any atom is 0.122 e. The number of hydrogen-bond acceptors (Lipinski definition) is 2. The van der Waals surface area contributed by atoms with Crippen LogP contribution in [0.2, 0.25) is 0 Å². The van der Waals surface area contributed by atoms with Crippen LogP contribution in [-0.4, -0.2) is 13.2 Å². The van der Waals surface area contributed by atoms with Gasteiger partial charge in [-0.1, -0.05) is 48.5 Å². The highest BCUT2D eigenvalue weighted by Gasteiger charge is 1.97. The van der Waals surface area contributed by atoms with Crippen LogP contribution in [0.4, 0.5) is 0 Å². The minimum atomic E-state index is 0.692. The van der Waals surface area contributed by atoms with Gasteiger partial charge in [-0.15, -0.1) is 0 Å². The van der Waals surface area contributed by atoms with Crippen LogP contribution in [0.3, 0.4) is 0 Å². The molecule has 0 saturated heterocycles. The summed E-state index contributed by atoms with van der Waals surface area (Å²) in [6, 6.07) is 18.5. The van der Waals surface area contributed by atoms with Gasteiger partial charge in [0.2, 0.25) is 0 Å². The van der Waals surface area contributed by atoms with Crippen LogP contribution in [0.25, 0.3) is 0 Å². The van der Waals surface area contributed by atoms with Gasteiger partial charge in [-0.2, -0.15) is 0 Å². The molecule has 0 heterocycles. The number of benzene rings is 2. The third kappa shape index (κ3) is 3.90. The van der Waals surface area contributed by atoms with Gasteiger partial charge in [0, 0.05) is 13.1 Å². The molecule has 2 rings (SSSR count). The minimum absolute atomic E-state index is 0.692. The van der Waals surface area contributed by atoms with Gasteiger partial charge >= 0.3 is 0 Å². The molecule has 0 amide bonds. The molecule has 0 fully saturated rings. The minimum Gasteiger partial charge on any atom is -0.492 e. The van der Waals surface area contributed by atoms with Crippen molar-refractivity contribution < 1.29 is 4.74 Å². The molecule has 0 spiro atoms. The Labute approximate surface area is 109 Å². The van der Waals surface area contributed by atoms with Crippen LogP contribution in [0.15, 0.2) is 54.6 Å². The van der Waals surface area contributed by atoms with E-state index in [4.69, 9.17) is 4.74 Å². The first-order valence-electron chi connectivity index (χ1n) is 6.29. The van der Waals surface area contributed by atoms with Gasteiger partial charge in [-0.05, 0) is 24.1 Å². The van der Waals surface area contributed by atoms with Crippen molar-refractivity contribution in [2.24, 2.45) is 0 Å². The molecule has 0 aromatic heterocycles. The molecule has 0 saturated carbocycles. The lowest BCUT2D eigenvalue weighted by molar-refractivity contribution is 0.311. The Morgan fingerprint density at radius 3 is 2.44 bits per heavy atom. The van der Waals surface area contributed by atoms with E-state index in [0.717, 1.165) is 18.8 Å². The van der Waals surface area contributed by atoms with Gasteiger partial charge in [0.15, 0.2) is 0 Å². The molecular formula is C16H19NO. The van der Waals surface area contributed by atoms with Crippen LogP contribution in [0, 0.1) is 6.92 Å². The zero-order valence-corrected chi connectivity index (χ0v) is 10.7. The van der Waals surface area contributed by atoms with Crippen molar-refractivity contribution in [2.45, 2.75) is 13.5 Å². The molecule has 1 N–H and O–H groups in total. The Hall–Kier alpha value is -1.80. The van der Waals surface area contributed by atoms with Gasteiger partial charge < -0.3 is 10.1 Å². The first-order chi connectivity index (χ1) is 8.86. The first-order valence-corrected chi connectivity index (χ1v) is 6.29. The molecule has 0 unspecified atom stereocenters. The molecule has 0 aliphatic rings. The van der Waals surface area contributed by atoms with Crippen molar-refractivity contribution in [3.8, 4) is 5.75 Å². The van der Waals surface area contributed by atoms with Gasteiger partial charge in [0.05, 0.1) is 0 Å². The number of rotatable bonds is 6. The largest absolute Gasteiger partial charge is 0.492 e. The van der Waals surface area contributed by atoms with E-state index in [9.17, 15) is 0 Å². The van der Waals surface area contributed by atoms with Crippen molar-refractivity contribution in [1.82, 2.24) is 5.32 Å². The van der Waals surface area contributed by atoms with E-state index in [0.29, 0.717) is 6.61 Å². The predicted molar refractivity (Wildman–Crippen MR) is 74.8 cm³/mol. The Kier molecular flexibility index (Phi) is 4.79. The Morgan fingerprint density at radius 2 is 1.67 bits per heavy atom. The Morgan fingerprint density at radius 1 is 0.944 bits per heavy atom. The average molecular weight is 241 g/mol. The SMILES string of the molecule is Cc1ccccc1OCCNCc1ccccc1. The smallest absolute Gasteiger partial charge is 0.122 e. The Bertz CT molecular complexity index is 468. The third-order valence-electron chi connectivity index (χ3n) is 2.80. The zero-order chi connectivity index (χ0) is 12.6. The second-order valence-electron chi connectivity index (χ2n) is 4.28. The third-order valence-corrected chi connectivity index (χ3v) is 2.80. The van der Waals surface area contributed by atoms with Crippen LogP contribution >= 0.6 is 0 Å². The molecule has 2 nitrogen and oxygen atoms in total. The van der Waals surface area contributed by atoms with Crippen LogP contribution in [0.5, 0.6) is 5.75 Å². The van der Waals surface area contributed by atoms with Crippen molar-refractivity contribution in [3.63, 3.8) is 0 Å². The predicted octanol–water partition coefficient (Wildman–Crippen LogP) is 3.16. The summed E-state index contributed by atoms with van der Waals surface area (Å²) in [6.07, 6.45) is 0. The van der Waals surface area contributed by atoms with Crippen LogP contribution in [-0.2, 0) is 6.54 Å². The van der Waals surface area contributed by atoms with Gasteiger partial charge in [-0.25, -0.2) is 0 Å². The fourth-order valence-corrected chi connectivity index (χ4v) is 1.78. The van der Waals surface area contributed by atoms with E-state index in [1.807, 2.05) is 24.3 Å². The Balaban J connectivity index is 1.66. The fraction of sp³-hybridized carbons (Fsp3) is 0.250. The summed E-state index contributed by atoms with van der Waals surface area (Å²) in [5.41, 5.74) is 2.48. The standard InChI is InChI=1S/C16H19NO/c1-14-7-5-6-10-16(14)18-12-11-17-13-15-8-3-2-4-9-15/h2-10,17H,11-13H2,1H3. The lowest BCUT2D eigenvalue weighted by atomic mass is 10.2. The average Bonchev–Trinajstić information content (AvgIpc) is 2.42. The van der Waals surface area contributed by atoms with E-state index in [1.165, 1.54) is 11.1 Å². The number of aryl methyl sites for hydroxylation is 1. The topological polar surface area (TPSA) is 21.3 Å². The summed E-state index contributed by atoms with van der Waals surface area (Å²) in [7, 11) is 0. The molecule has 0 aliphatic heterocycles. The molecule has 0 aliphatic carbocycles. The molecule has 18 heavy (non-hydrogen) atoms. The summed E-state index contributed by atoms with van der Waals surface area (Å²) in [4.78, 5) is 0. The molecule has 0 radical (unpaired) electrons. The highest BCUT2D eigenvalue weighted by atomic mass is 16.5. The quantitative estimate of drug-likeness (QED) is 0.784. The zero-order valence-electron chi connectivity index (χ0n) is 10.7. The van der Waals surface area contributed by atoms with E-state index in [-0.39, 0.29) is 0 Å². The monoisotopic (exact) mass is 241 g/mol. The number of nitrogens with one attached hydrogen (secondary N) is 1. The summed E-state index contributed by atoms with van der Waals surface area (Å²) in [6.45, 7) is 4.49. The highest BCUT2D eigenvalue weighted by molar-refractivity contribution is 5.31. The van der Waals surface area contributed by atoms with Gasteiger partial charge in [-0.3, -0.25) is 0 Å². The maximum absolute atomic E-state index is 5.71. The molecule has 2 aromatic carbocycles. The summed E-state index contributed by atoms with van der Waals surface area (Å²) < 4.78 is 5.71. The highest BCUT2D eigenvalue weighted by Crippen LogP contribution is 2.15. The van der Waals surface area contributed by atoms with Crippen molar-refractivity contribution in [1.29, 1.82) is 0 Å². The van der Waals surface area contributed by atoms with Crippen molar-refractivity contribution in [3.05, 3.63) is 65.7 Å². The number of ether oxygens (including phenoxy) is 1. The lowest BCUT2D eigenvalue weighted by Gasteiger charge is -2.09. The summed E-state index contributed by atoms with van der Waals surface area (Å²) in [5, 5.41) is 3.37. The first kappa shape index (κ1) is 12.7. The normalized spacial score (nSPS) is 10.3. The van der Waals surface area contributed by atoms with Crippen molar-refractivity contribution in [2.75, 3.05) is 13.2 Å². The molecule has 2 aromatic rings. The molecule has 2 heteroatoms. The van der Waals surface area contributed by atoms with Gasteiger partial charge in [0.25, 0.3) is 0 Å². The second-order valence-corrected chi connectivity index (χ2v) is 4.28. The second kappa shape index (κ2) is 6.82. The summed E-state index contributed by atoms with van der Waals surface area (Å²) >= 11 is 0.